The highest BCUT2D eigenvalue weighted by molar-refractivity contribution is 7.80. The van der Waals surface area contributed by atoms with Crippen molar-refractivity contribution in [2.75, 3.05) is 32.0 Å². The van der Waals surface area contributed by atoms with Crippen LogP contribution in [0.15, 0.2) is 53.3 Å². The first-order valence-corrected chi connectivity index (χ1v) is 10.3. The molecule has 0 saturated heterocycles. The number of ether oxygens (including phenoxy) is 3. The van der Waals surface area contributed by atoms with Crippen LogP contribution in [0.5, 0.6) is 17.2 Å². The number of pyridine rings is 1. The Bertz CT molecular complexity index is 1240. The Kier molecular flexibility index (Phi) is 6.69. The Morgan fingerprint density at radius 3 is 2.42 bits per heavy atom. The van der Waals surface area contributed by atoms with Gasteiger partial charge in [-0.1, -0.05) is 0 Å². The SMILES string of the molecule is COc1cc(Nc2cnc3ccc(NC(=S)NCc4ccco4)nc3n2)cc(OC)c1OC. The average Bonchev–Trinajstić information content (AvgIpc) is 3.35. The van der Waals surface area contributed by atoms with Crippen LogP contribution < -0.4 is 30.2 Å². The van der Waals surface area contributed by atoms with Crippen LogP contribution in [0, 0.1) is 0 Å². The summed E-state index contributed by atoms with van der Waals surface area (Å²) >= 11 is 5.33. The van der Waals surface area contributed by atoms with E-state index in [2.05, 4.69) is 30.9 Å². The van der Waals surface area contributed by atoms with Gasteiger partial charge in [-0.15, -0.1) is 0 Å². The minimum atomic E-state index is 0.415. The van der Waals surface area contributed by atoms with Gasteiger partial charge in [0.15, 0.2) is 28.1 Å². The minimum Gasteiger partial charge on any atom is -0.493 e. The molecule has 0 amide bonds. The summed E-state index contributed by atoms with van der Waals surface area (Å²) < 4.78 is 21.4. The first kappa shape index (κ1) is 22.1. The van der Waals surface area contributed by atoms with Gasteiger partial charge in [0.25, 0.3) is 0 Å². The van der Waals surface area contributed by atoms with Crippen LogP contribution in [-0.2, 0) is 6.54 Å². The number of nitrogens with zero attached hydrogens (tertiary/aromatic N) is 3. The Balaban J connectivity index is 1.51. The van der Waals surface area contributed by atoms with Gasteiger partial charge in [-0.05, 0) is 36.5 Å². The number of thiocarbonyl (C=S) groups is 1. The van der Waals surface area contributed by atoms with Gasteiger partial charge in [0.1, 0.15) is 17.1 Å². The molecule has 4 rings (SSSR count). The molecule has 0 aliphatic carbocycles. The van der Waals surface area contributed by atoms with E-state index in [0.717, 1.165) is 5.76 Å². The molecule has 0 aliphatic heterocycles. The number of hydrogen-bond donors (Lipinski definition) is 3. The lowest BCUT2D eigenvalue weighted by Gasteiger charge is -2.15. The second kappa shape index (κ2) is 10.0. The fourth-order valence-electron chi connectivity index (χ4n) is 3.07. The monoisotopic (exact) mass is 466 g/mol. The summed E-state index contributed by atoms with van der Waals surface area (Å²) in [7, 11) is 4.67. The first-order chi connectivity index (χ1) is 16.1. The maximum Gasteiger partial charge on any atom is 0.203 e. The van der Waals surface area contributed by atoms with Crippen LogP contribution in [-0.4, -0.2) is 41.4 Å². The smallest absolute Gasteiger partial charge is 0.203 e. The highest BCUT2D eigenvalue weighted by Gasteiger charge is 2.14. The van der Waals surface area contributed by atoms with Crippen LogP contribution in [0.2, 0.25) is 0 Å². The molecular formula is C22H22N6O4S. The molecule has 10 nitrogen and oxygen atoms in total. The molecule has 1 aromatic carbocycles. The molecule has 3 N–H and O–H groups in total. The largest absolute Gasteiger partial charge is 0.493 e. The van der Waals surface area contributed by atoms with Crippen LogP contribution in [0.3, 0.4) is 0 Å². The minimum absolute atomic E-state index is 0.415. The van der Waals surface area contributed by atoms with Gasteiger partial charge in [0, 0.05) is 17.8 Å². The third-order valence-electron chi connectivity index (χ3n) is 4.59. The molecule has 170 valence electrons. The van der Waals surface area contributed by atoms with Gasteiger partial charge >= 0.3 is 0 Å². The van der Waals surface area contributed by atoms with Crippen LogP contribution in [0.4, 0.5) is 17.3 Å². The van der Waals surface area contributed by atoms with E-state index in [1.165, 1.54) is 0 Å². The Labute approximate surface area is 195 Å². The number of methoxy groups -OCH3 is 3. The molecule has 0 aliphatic rings. The molecule has 0 bridgehead atoms. The van der Waals surface area contributed by atoms with Crippen LogP contribution >= 0.6 is 12.2 Å². The first-order valence-electron chi connectivity index (χ1n) is 9.87. The standard InChI is InChI=1S/C22H22N6O4S/c1-29-16-9-13(10-17(30-2)20(16)31-3)25-19-12-23-15-6-7-18(26-21(15)27-19)28-22(33)24-11-14-5-4-8-32-14/h4-10,12H,11H2,1-3H3,(H3,24,25,26,27,28,33). The maximum atomic E-state index is 5.40. The lowest BCUT2D eigenvalue weighted by Crippen LogP contribution is -2.28. The number of rotatable bonds is 8. The van der Waals surface area contributed by atoms with Crippen molar-refractivity contribution >= 4 is 45.8 Å². The molecule has 0 fully saturated rings. The van der Waals surface area contributed by atoms with Crippen molar-refractivity contribution in [3.8, 4) is 17.2 Å². The molecule has 0 spiro atoms. The number of furan rings is 1. The Hall–Kier alpha value is -4.12. The van der Waals surface area contributed by atoms with Crippen molar-refractivity contribution in [1.82, 2.24) is 20.3 Å². The summed E-state index contributed by atoms with van der Waals surface area (Å²) in [6, 6.07) is 10.8. The van der Waals surface area contributed by atoms with E-state index in [9.17, 15) is 0 Å². The molecule has 4 aromatic rings. The second-order valence-electron chi connectivity index (χ2n) is 6.72. The van der Waals surface area contributed by atoms with Gasteiger partial charge in [-0.3, -0.25) is 0 Å². The summed E-state index contributed by atoms with van der Waals surface area (Å²) in [5.41, 5.74) is 1.78. The van der Waals surface area contributed by atoms with Crippen molar-refractivity contribution in [3.63, 3.8) is 0 Å². The summed E-state index contributed by atoms with van der Waals surface area (Å²) in [6.07, 6.45) is 3.23. The summed E-state index contributed by atoms with van der Waals surface area (Å²) in [5, 5.41) is 9.71. The number of fused-ring (bicyclic) bond motifs is 1. The lowest BCUT2D eigenvalue weighted by molar-refractivity contribution is 0.324. The van der Waals surface area contributed by atoms with Crippen LogP contribution in [0.1, 0.15) is 5.76 Å². The highest BCUT2D eigenvalue weighted by atomic mass is 32.1. The summed E-state index contributed by atoms with van der Waals surface area (Å²) in [5.74, 6) is 3.36. The second-order valence-corrected chi connectivity index (χ2v) is 7.13. The van der Waals surface area contributed by atoms with Crippen LogP contribution in [0.25, 0.3) is 11.2 Å². The number of hydrogen-bond acceptors (Lipinski definition) is 9. The Morgan fingerprint density at radius 2 is 1.76 bits per heavy atom. The molecular weight excluding hydrogens is 444 g/mol. The zero-order valence-corrected chi connectivity index (χ0v) is 19.0. The molecule has 0 saturated carbocycles. The van der Waals surface area contributed by atoms with Gasteiger partial charge < -0.3 is 34.6 Å². The zero-order chi connectivity index (χ0) is 23.2. The van der Waals surface area contributed by atoms with E-state index in [0.29, 0.717) is 57.4 Å². The normalized spacial score (nSPS) is 10.5. The van der Waals surface area contributed by atoms with Gasteiger partial charge in [0.05, 0.1) is 40.3 Å². The molecule has 0 atom stereocenters. The van der Waals surface area contributed by atoms with E-state index < -0.39 is 0 Å². The van der Waals surface area contributed by atoms with Gasteiger partial charge in [-0.25, -0.2) is 15.0 Å². The average molecular weight is 467 g/mol. The van der Waals surface area contributed by atoms with Gasteiger partial charge in [-0.2, -0.15) is 0 Å². The van der Waals surface area contributed by atoms with E-state index in [1.807, 2.05) is 18.2 Å². The summed E-state index contributed by atoms with van der Waals surface area (Å²) in [4.78, 5) is 13.5. The number of anilines is 3. The van der Waals surface area contributed by atoms with E-state index >= 15 is 0 Å². The topological polar surface area (TPSA) is 116 Å². The molecule has 11 heteroatoms. The number of aromatic nitrogens is 3. The molecule has 0 radical (unpaired) electrons. The molecule has 0 unspecified atom stereocenters. The van der Waals surface area contributed by atoms with Crippen molar-refractivity contribution in [2.24, 2.45) is 0 Å². The summed E-state index contributed by atoms with van der Waals surface area (Å²) in [6.45, 7) is 0.467. The van der Waals surface area contributed by atoms with E-state index in [1.54, 1.807) is 52.0 Å². The third-order valence-corrected chi connectivity index (χ3v) is 4.84. The number of nitrogens with one attached hydrogen (secondary N) is 3. The van der Waals surface area contributed by atoms with E-state index in [4.69, 9.17) is 30.8 Å². The predicted molar refractivity (Wildman–Crippen MR) is 128 cm³/mol. The fraction of sp³-hybridized carbons (Fsp3) is 0.182. The van der Waals surface area contributed by atoms with Crippen molar-refractivity contribution in [3.05, 3.63) is 54.6 Å². The predicted octanol–water partition coefficient (Wildman–Crippen LogP) is 3.87. The molecule has 3 heterocycles. The lowest BCUT2D eigenvalue weighted by atomic mass is 10.2. The fourth-order valence-corrected chi connectivity index (χ4v) is 3.25. The maximum absolute atomic E-state index is 5.40. The zero-order valence-electron chi connectivity index (χ0n) is 18.2. The third kappa shape index (κ3) is 5.21. The number of benzene rings is 1. The molecule has 3 aromatic heterocycles. The van der Waals surface area contributed by atoms with Crippen molar-refractivity contribution in [1.29, 1.82) is 0 Å². The molecule has 33 heavy (non-hydrogen) atoms. The Morgan fingerprint density at radius 1 is 1.00 bits per heavy atom. The van der Waals surface area contributed by atoms with E-state index in [-0.39, 0.29) is 0 Å². The van der Waals surface area contributed by atoms with Crippen molar-refractivity contribution < 1.29 is 18.6 Å². The quantitative estimate of drug-likeness (QED) is 0.329. The van der Waals surface area contributed by atoms with Crippen molar-refractivity contribution in [2.45, 2.75) is 6.54 Å². The van der Waals surface area contributed by atoms with Gasteiger partial charge in [0.2, 0.25) is 5.75 Å². The highest BCUT2D eigenvalue weighted by Crippen LogP contribution is 2.40.